The molecule has 1 aliphatic carbocycles. The van der Waals surface area contributed by atoms with Crippen LogP contribution in [0.25, 0.3) is 0 Å². The Bertz CT molecular complexity index is 606. The van der Waals surface area contributed by atoms with Crippen molar-refractivity contribution in [3.8, 4) is 11.5 Å². The molecule has 0 radical (unpaired) electrons. The summed E-state index contributed by atoms with van der Waals surface area (Å²) in [4.78, 5) is 0. The van der Waals surface area contributed by atoms with E-state index in [1.807, 2.05) is 6.07 Å². The molecule has 0 amide bonds. The zero-order chi connectivity index (χ0) is 16.2. The first kappa shape index (κ1) is 17.4. The van der Waals surface area contributed by atoms with Crippen molar-refractivity contribution in [2.45, 2.75) is 42.9 Å². The Morgan fingerprint density at radius 2 is 1.86 bits per heavy atom. The largest absolute Gasteiger partial charge is 0.493 e. The molecule has 2 atom stereocenters. The van der Waals surface area contributed by atoms with Crippen molar-refractivity contribution in [2.24, 2.45) is 0 Å². The minimum absolute atomic E-state index is 0.211. The highest BCUT2D eigenvalue weighted by atomic mass is 35.5. The molecule has 0 aromatic heterocycles. The van der Waals surface area contributed by atoms with E-state index in [1.165, 1.54) is 0 Å². The van der Waals surface area contributed by atoms with E-state index in [0.717, 1.165) is 24.8 Å². The Balaban J connectivity index is 2.05. The van der Waals surface area contributed by atoms with Crippen LogP contribution < -0.4 is 14.2 Å². The Labute approximate surface area is 137 Å². The Kier molecular flexibility index (Phi) is 5.94. The molecule has 1 saturated carbocycles. The molecule has 0 spiro atoms. The minimum atomic E-state index is -3.42. The number of rotatable bonds is 6. The maximum atomic E-state index is 12.4. The first-order valence-electron chi connectivity index (χ1n) is 7.31. The van der Waals surface area contributed by atoms with Crippen LogP contribution in [-0.4, -0.2) is 33.3 Å². The van der Waals surface area contributed by atoms with Crippen LogP contribution >= 0.6 is 11.6 Å². The zero-order valence-corrected chi connectivity index (χ0v) is 14.4. The van der Waals surface area contributed by atoms with Crippen molar-refractivity contribution >= 4 is 21.6 Å². The van der Waals surface area contributed by atoms with Crippen LogP contribution in [0, 0.1) is 0 Å². The topological polar surface area (TPSA) is 64.6 Å². The first-order valence-corrected chi connectivity index (χ1v) is 9.29. The van der Waals surface area contributed by atoms with Gasteiger partial charge in [0.05, 0.1) is 24.8 Å². The number of alkyl halides is 1. The molecule has 1 aliphatic rings. The number of nitrogens with one attached hydrogen (secondary N) is 1. The van der Waals surface area contributed by atoms with E-state index < -0.39 is 15.3 Å². The third-order valence-corrected chi connectivity index (χ3v) is 6.53. The summed E-state index contributed by atoms with van der Waals surface area (Å²) in [6.45, 7) is 0.211. The molecule has 124 valence electrons. The summed E-state index contributed by atoms with van der Waals surface area (Å²) < 4.78 is 37.8. The summed E-state index contributed by atoms with van der Waals surface area (Å²) in [5.41, 5.74) is 0.808. The number of ether oxygens (including phenoxy) is 2. The van der Waals surface area contributed by atoms with Gasteiger partial charge < -0.3 is 9.47 Å². The first-order chi connectivity index (χ1) is 10.5. The van der Waals surface area contributed by atoms with Crippen LogP contribution in [-0.2, 0) is 16.6 Å². The van der Waals surface area contributed by atoms with Crippen LogP contribution in [0.3, 0.4) is 0 Å². The second kappa shape index (κ2) is 7.53. The third kappa shape index (κ3) is 4.06. The highest BCUT2D eigenvalue weighted by molar-refractivity contribution is 7.90. The van der Waals surface area contributed by atoms with Gasteiger partial charge in [0, 0.05) is 6.54 Å². The molecule has 22 heavy (non-hydrogen) atoms. The average Bonchev–Trinajstić information content (AvgIpc) is 2.53. The molecular formula is C15H22ClNO4S. The Morgan fingerprint density at radius 1 is 1.18 bits per heavy atom. The number of hydrogen-bond donors (Lipinski definition) is 1. The van der Waals surface area contributed by atoms with Crippen LogP contribution in [0.4, 0.5) is 0 Å². The van der Waals surface area contributed by atoms with Crippen molar-refractivity contribution in [2.75, 3.05) is 14.2 Å². The molecule has 0 unspecified atom stereocenters. The molecule has 0 heterocycles. The lowest BCUT2D eigenvalue weighted by Gasteiger charge is -2.26. The van der Waals surface area contributed by atoms with E-state index in [1.54, 1.807) is 26.4 Å². The number of sulfonamides is 1. The van der Waals surface area contributed by atoms with Gasteiger partial charge in [0.2, 0.25) is 10.0 Å². The Hall–Kier alpha value is -0.980. The van der Waals surface area contributed by atoms with E-state index in [4.69, 9.17) is 21.1 Å². The molecule has 2 rings (SSSR count). The van der Waals surface area contributed by atoms with Crippen molar-refractivity contribution in [3.05, 3.63) is 23.8 Å². The third-order valence-electron chi connectivity index (χ3n) is 3.95. The van der Waals surface area contributed by atoms with Gasteiger partial charge in [-0.25, -0.2) is 13.1 Å². The molecule has 1 N–H and O–H groups in total. The predicted molar refractivity (Wildman–Crippen MR) is 87.2 cm³/mol. The fourth-order valence-corrected chi connectivity index (χ4v) is 4.95. The summed E-state index contributed by atoms with van der Waals surface area (Å²) in [5.74, 6) is 1.19. The maximum absolute atomic E-state index is 12.4. The van der Waals surface area contributed by atoms with Crippen LogP contribution in [0.2, 0.25) is 0 Å². The van der Waals surface area contributed by atoms with Crippen molar-refractivity contribution in [3.63, 3.8) is 0 Å². The predicted octanol–water partition coefficient (Wildman–Crippen LogP) is 2.67. The fourth-order valence-electron chi connectivity index (χ4n) is 2.68. The number of hydrogen-bond acceptors (Lipinski definition) is 4. The highest BCUT2D eigenvalue weighted by Crippen LogP contribution is 2.29. The summed E-state index contributed by atoms with van der Waals surface area (Å²) in [6, 6.07) is 5.33. The van der Waals surface area contributed by atoms with Crippen molar-refractivity contribution in [1.29, 1.82) is 0 Å². The smallest absolute Gasteiger partial charge is 0.216 e. The molecule has 0 bridgehead atoms. The molecule has 0 saturated heterocycles. The maximum Gasteiger partial charge on any atom is 0.216 e. The molecule has 1 fully saturated rings. The number of halogens is 1. The summed E-state index contributed by atoms with van der Waals surface area (Å²) in [6.07, 6.45) is 3.28. The second-order valence-electron chi connectivity index (χ2n) is 5.39. The van der Waals surface area contributed by atoms with Gasteiger partial charge in [-0.3, -0.25) is 0 Å². The average molecular weight is 348 g/mol. The van der Waals surface area contributed by atoms with E-state index in [0.29, 0.717) is 17.9 Å². The van der Waals surface area contributed by atoms with Gasteiger partial charge in [-0.1, -0.05) is 18.9 Å². The van der Waals surface area contributed by atoms with Gasteiger partial charge in [0.25, 0.3) is 0 Å². The van der Waals surface area contributed by atoms with E-state index >= 15 is 0 Å². The van der Waals surface area contributed by atoms with Gasteiger partial charge in [-0.2, -0.15) is 0 Å². The number of methoxy groups -OCH3 is 2. The van der Waals surface area contributed by atoms with Gasteiger partial charge in [0.1, 0.15) is 0 Å². The van der Waals surface area contributed by atoms with E-state index in [2.05, 4.69) is 4.72 Å². The molecule has 7 heteroatoms. The summed E-state index contributed by atoms with van der Waals surface area (Å²) in [5, 5.41) is -0.820. The Morgan fingerprint density at radius 3 is 2.50 bits per heavy atom. The van der Waals surface area contributed by atoms with E-state index in [9.17, 15) is 8.42 Å². The second-order valence-corrected chi connectivity index (χ2v) is 7.94. The standard InChI is InChI=1S/C15H22ClNO4S/c1-20-13-8-7-11(9-14(13)21-2)10-17-22(18,19)15-6-4-3-5-12(15)16/h7-9,12,15,17H,3-6,10H2,1-2H3/t12-,15+/m1/s1. The van der Waals surface area contributed by atoms with Crippen LogP contribution in [0.5, 0.6) is 11.5 Å². The van der Waals surface area contributed by atoms with E-state index in [-0.39, 0.29) is 11.9 Å². The zero-order valence-electron chi connectivity index (χ0n) is 12.8. The molecule has 1 aromatic carbocycles. The minimum Gasteiger partial charge on any atom is -0.493 e. The summed E-state index contributed by atoms with van der Waals surface area (Å²) >= 11 is 6.18. The SMILES string of the molecule is COc1ccc(CNS(=O)(=O)[C@H]2CCCC[C@H]2Cl)cc1OC. The van der Waals surface area contributed by atoms with Gasteiger partial charge in [-0.05, 0) is 30.5 Å². The van der Waals surface area contributed by atoms with Crippen LogP contribution in [0.15, 0.2) is 18.2 Å². The van der Waals surface area contributed by atoms with Crippen molar-refractivity contribution < 1.29 is 17.9 Å². The molecule has 1 aromatic rings. The quantitative estimate of drug-likeness (QED) is 0.803. The highest BCUT2D eigenvalue weighted by Gasteiger charge is 2.34. The summed E-state index contributed by atoms with van der Waals surface area (Å²) in [7, 11) is -0.313. The molecule has 0 aliphatic heterocycles. The lowest BCUT2D eigenvalue weighted by Crippen LogP contribution is -2.41. The van der Waals surface area contributed by atoms with Crippen molar-refractivity contribution in [1.82, 2.24) is 4.72 Å². The fraction of sp³-hybridized carbons (Fsp3) is 0.600. The normalized spacial score (nSPS) is 22.3. The van der Waals surface area contributed by atoms with Gasteiger partial charge in [-0.15, -0.1) is 11.6 Å². The van der Waals surface area contributed by atoms with Gasteiger partial charge in [0.15, 0.2) is 11.5 Å². The molecular weight excluding hydrogens is 326 g/mol. The van der Waals surface area contributed by atoms with Crippen LogP contribution in [0.1, 0.15) is 31.2 Å². The molecule has 5 nitrogen and oxygen atoms in total. The lowest BCUT2D eigenvalue weighted by atomic mass is 10.00. The number of benzene rings is 1. The lowest BCUT2D eigenvalue weighted by molar-refractivity contribution is 0.354. The monoisotopic (exact) mass is 347 g/mol. The van der Waals surface area contributed by atoms with Gasteiger partial charge >= 0.3 is 0 Å².